The fraction of sp³-hybridized carbons (Fsp3) is 0.273. The maximum absolute atomic E-state index is 11.4. The van der Waals surface area contributed by atoms with Crippen LogP contribution in [-0.2, 0) is 18.3 Å². The lowest BCUT2D eigenvalue weighted by atomic mass is 10.1. The molecule has 84 valence electrons. The first-order chi connectivity index (χ1) is 7.59. The van der Waals surface area contributed by atoms with Crippen molar-refractivity contribution in [1.82, 2.24) is 4.74 Å². The fourth-order valence-electron chi connectivity index (χ4n) is 1.79. The number of hydrogen-bond acceptors (Lipinski definition) is 3. The van der Waals surface area contributed by atoms with Crippen molar-refractivity contribution in [2.75, 3.05) is 0 Å². The van der Waals surface area contributed by atoms with E-state index in [1.807, 2.05) is 0 Å². The molecule has 0 aliphatic rings. The number of para-hydroxylation sites is 1. The molecule has 5 heteroatoms. The van der Waals surface area contributed by atoms with Gasteiger partial charge in [0.1, 0.15) is 0 Å². The number of nitrogens with zero attached hydrogens (tertiary/aromatic N) is 1. The molecule has 0 saturated carbocycles. The van der Waals surface area contributed by atoms with Crippen LogP contribution in [-0.4, -0.2) is 15.8 Å². The maximum atomic E-state index is 11.4. The summed E-state index contributed by atoms with van der Waals surface area (Å²) in [5, 5.41) is 9.12. The summed E-state index contributed by atoms with van der Waals surface area (Å²) < 4.78 is 6.31. The average molecular weight is 221 g/mol. The molecule has 5 nitrogen and oxygen atoms in total. The van der Waals surface area contributed by atoms with Gasteiger partial charge in [-0.15, -0.1) is 0 Å². The molecule has 1 heterocycles. The van der Waals surface area contributed by atoms with E-state index in [4.69, 9.17) is 9.63 Å². The summed E-state index contributed by atoms with van der Waals surface area (Å²) in [6.45, 7) is 0. The highest BCUT2D eigenvalue weighted by molar-refractivity contribution is 5.81. The molecule has 0 spiro atoms. The summed E-state index contributed by atoms with van der Waals surface area (Å²) in [6, 6.07) is 5.21. The monoisotopic (exact) mass is 221 g/mol. The van der Waals surface area contributed by atoms with Crippen molar-refractivity contribution >= 4 is 16.9 Å². The van der Waals surface area contributed by atoms with Gasteiger partial charge in [0.15, 0.2) is 0 Å². The highest BCUT2D eigenvalue weighted by Gasteiger charge is 2.11. The molecule has 1 aromatic heterocycles. The lowest BCUT2D eigenvalue weighted by Gasteiger charge is -2.01. The summed E-state index contributed by atoms with van der Waals surface area (Å²) in [7, 11) is 1.63. The van der Waals surface area contributed by atoms with Crippen molar-refractivity contribution in [2.24, 2.45) is 7.05 Å². The number of carboxylic acids is 1. The Hall–Kier alpha value is -2.04. The van der Waals surface area contributed by atoms with E-state index in [1.54, 1.807) is 25.2 Å². The lowest BCUT2D eigenvalue weighted by molar-refractivity contribution is -0.136. The second-order valence-electron chi connectivity index (χ2n) is 3.58. The van der Waals surface area contributed by atoms with E-state index in [-0.39, 0.29) is 6.42 Å². The van der Waals surface area contributed by atoms with Gasteiger partial charge in [0.25, 0.3) is 0 Å². The molecule has 0 atom stereocenters. The Morgan fingerprint density at radius 2 is 2.25 bits per heavy atom. The predicted molar refractivity (Wildman–Crippen MR) is 57.4 cm³/mol. The van der Waals surface area contributed by atoms with E-state index in [1.165, 1.54) is 4.74 Å². The number of fused-ring (bicyclic) bond motifs is 1. The number of carbonyl (C=O) groups is 1. The molecule has 2 aromatic rings. The van der Waals surface area contributed by atoms with Gasteiger partial charge in [0, 0.05) is 13.5 Å². The second kappa shape index (κ2) is 3.84. The van der Waals surface area contributed by atoms with Crippen LogP contribution in [0.1, 0.15) is 12.0 Å². The van der Waals surface area contributed by atoms with E-state index in [0.29, 0.717) is 17.3 Å². The smallest absolute Gasteiger partial charge is 0.365 e. The van der Waals surface area contributed by atoms with Gasteiger partial charge in [0.05, 0.1) is 10.9 Å². The average Bonchev–Trinajstić information content (AvgIpc) is 2.52. The Morgan fingerprint density at radius 1 is 1.50 bits per heavy atom. The van der Waals surface area contributed by atoms with Gasteiger partial charge in [-0.2, -0.15) is 0 Å². The molecular weight excluding hydrogens is 210 g/mol. The molecule has 1 aromatic carbocycles. The molecule has 0 amide bonds. The Kier molecular flexibility index (Phi) is 2.52. The van der Waals surface area contributed by atoms with Gasteiger partial charge in [-0.05, 0) is 18.1 Å². The van der Waals surface area contributed by atoms with E-state index in [2.05, 4.69) is 0 Å². The number of rotatable bonds is 3. The topological polar surface area (TPSA) is 72.4 Å². The van der Waals surface area contributed by atoms with Crippen LogP contribution in [0.25, 0.3) is 10.9 Å². The Labute approximate surface area is 90.9 Å². The van der Waals surface area contributed by atoms with Crippen molar-refractivity contribution in [2.45, 2.75) is 12.8 Å². The first-order valence-electron chi connectivity index (χ1n) is 4.89. The summed E-state index contributed by atoms with van der Waals surface area (Å²) in [5.41, 5.74) is 1.09. The molecule has 1 N–H and O–H groups in total. The number of benzene rings is 1. The number of carboxylic acid groups (broad SMARTS) is 1. The quantitative estimate of drug-likeness (QED) is 0.843. The van der Waals surface area contributed by atoms with Gasteiger partial charge in [-0.1, -0.05) is 12.1 Å². The highest BCUT2D eigenvalue weighted by Crippen LogP contribution is 2.17. The minimum absolute atomic E-state index is 0.0402. The zero-order valence-electron chi connectivity index (χ0n) is 8.77. The molecule has 0 aliphatic heterocycles. The summed E-state index contributed by atoms with van der Waals surface area (Å²) in [6.07, 6.45) is 0.429. The van der Waals surface area contributed by atoms with Crippen molar-refractivity contribution in [1.29, 1.82) is 0 Å². The first-order valence-corrected chi connectivity index (χ1v) is 4.89. The Morgan fingerprint density at radius 3 is 2.94 bits per heavy atom. The minimum atomic E-state index is -0.856. The molecule has 0 bridgehead atoms. The van der Waals surface area contributed by atoms with Crippen molar-refractivity contribution in [3.05, 3.63) is 34.2 Å². The maximum Gasteiger partial charge on any atom is 0.365 e. The van der Waals surface area contributed by atoms with Gasteiger partial charge < -0.3 is 9.63 Å². The SMILES string of the molecule is Cn1oc(=O)c2cccc(CCC(=O)O)c21. The van der Waals surface area contributed by atoms with Crippen LogP contribution in [0, 0.1) is 0 Å². The highest BCUT2D eigenvalue weighted by atomic mass is 16.5. The molecular formula is C11H11NO4. The van der Waals surface area contributed by atoms with Gasteiger partial charge in [-0.25, -0.2) is 9.53 Å². The van der Waals surface area contributed by atoms with Crippen molar-refractivity contribution in [3.8, 4) is 0 Å². The van der Waals surface area contributed by atoms with Crippen LogP contribution in [0.4, 0.5) is 0 Å². The number of aliphatic carboxylic acids is 1. The molecule has 0 radical (unpaired) electrons. The van der Waals surface area contributed by atoms with E-state index >= 15 is 0 Å². The van der Waals surface area contributed by atoms with Gasteiger partial charge >= 0.3 is 11.6 Å². The van der Waals surface area contributed by atoms with Crippen LogP contribution >= 0.6 is 0 Å². The third-order valence-electron chi connectivity index (χ3n) is 2.48. The number of aryl methyl sites for hydroxylation is 2. The zero-order valence-corrected chi connectivity index (χ0v) is 8.77. The molecule has 0 aliphatic carbocycles. The van der Waals surface area contributed by atoms with E-state index < -0.39 is 11.6 Å². The second-order valence-corrected chi connectivity index (χ2v) is 3.58. The van der Waals surface area contributed by atoms with Crippen molar-refractivity contribution < 1.29 is 14.4 Å². The molecule has 0 saturated heterocycles. The van der Waals surface area contributed by atoms with Gasteiger partial charge in [0.2, 0.25) is 0 Å². The summed E-state index contributed by atoms with van der Waals surface area (Å²) in [5.74, 6) is -0.856. The first kappa shape index (κ1) is 10.5. The van der Waals surface area contributed by atoms with Crippen LogP contribution in [0.3, 0.4) is 0 Å². The largest absolute Gasteiger partial charge is 0.481 e. The van der Waals surface area contributed by atoms with Crippen LogP contribution in [0.2, 0.25) is 0 Å². The van der Waals surface area contributed by atoms with Crippen LogP contribution in [0.5, 0.6) is 0 Å². The summed E-state index contributed by atoms with van der Waals surface area (Å²) in [4.78, 5) is 21.9. The van der Waals surface area contributed by atoms with Gasteiger partial charge in [-0.3, -0.25) is 4.79 Å². The predicted octanol–water partition coefficient (Wildman–Crippen LogP) is 1.15. The van der Waals surface area contributed by atoms with E-state index in [9.17, 15) is 9.59 Å². The van der Waals surface area contributed by atoms with E-state index in [0.717, 1.165) is 5.56 Å². The van der Waals surface area contributed by atoms with Crippen LogP contribution in [0.15, 0.2) is 27.5 Å². The number of aromatic nitrogens is 1. The molecule has 0 unspecified atom stereocenters. The molecule has 2 rings (SSSR count). The third kappa shape index (κ3) is 1.71. The third-order valence-corrected chi connectivity index (χ3v) is 2.48. The standard InChI is InChI=1S/C11H11NO4/c1-12-10-7(5-6-9(13)14)3-2-4-8(10)11(15)16-12/h2-4H,5-6H2,1H3,(H,13,14). The minimum Gasteiger partial charge on any atom is -0.481 e. The summed E-state index contributed by atoms with van der Waals surface area (Å²) >= 11 is 0. The zero-order chi connectivity index (χ0) is 11.7. The Bertz CT molecular complexity index is 594. The molecule has 0 fully saturated rings. The van der Waals surface area contributed by atoms with Crippen molar-refractivity contribution in [3.63, 3.8) is 0 Å². The lowest BCUT2D eigenvalue weighted by Crippen LogP contribution is -1.99. The number of hydrogen-bond donors (Lipinski definition) is 1. The van der Waals surface area contributed by atoms with Crippen LogP contribution < -0.4 is 5.63 Å². The normalized spacial score (nSPS) is 10.8. The fourth-order valence-corrected chi connectivity index (χ4v) is 1.79. The Balaban J connectivity index is 2.53. The molecule has 16 heavy (non-hydrogen) atoms.